The summed E-state index contributed by atoms with van der Waals surface area (Å²) in [6.07, 6.45) is 0. The quantitative estimate of drug-likeness (QED) is 0.751. The molecule has 0 saturated heterocycles. The molecule has 1 aromatic carbocycles. The molecule has 0 unspecified atom stereocenters. The standard InChI is InChI=1S/C14H15N5OS/c1-8-5-4-6-11(7-8)10(3)21-14-17-16-13-15-12(20)9(2)18-19(13)14/h4-7,10H,1-3H3,(H,15,16,20)/t10-/m1/s1. The average Bonchev–Trinajstić information content (AvgIpc) is 2.82. The molecule has 1 N–H and O–H groups in total. The van der Waals surface area contributed by atoms with Gasteiger partial charge < -0.3 is 0 Å². The zero-order valence-corrected chi connectivity index (χ0v) is 12.8. The third-order valence-corrected chi connectivity index (χ3v) is 4.30. The number of aromatic nitrogens is 5. The van der Waals surface area contributed by atoms with Gasteiger partial charge >= 0.3 is 0 Å². The maximum atomic E-state index is 11.5. The first-order valence-corrected chi connectivity index (χ1v) is 7.48. The van der Waals surface area contributed by atoms with Gasteiger partial charge in [-0.15, -0.1) is 10.2 Å². The van der Waals surface area contributed by atoms with E-state index in [1.165, 1.54) is 11.1 Å². The van der Waals surface area contributed by atoms with Crippen LogP contribution in [0.3, 0.4) is 0 Å². The number of hydrogen-bond acceptors (Lipinski definition) is 5. The van der Waals surface area contributed by atoms with Crippen molar-refractivity contribution < 1.29 is 0 Å². The molecular weight excluding hydrogens is 286 g/mol. The van der Waals surface area contributed by atoms with Crippen LogP contribution in [0.5, 0.6) is 0 Å². The van der Waals surface area contributed by atoms with E-state index >= 15 is 0 Å². The molecule has 0 aliphatic rings. The summed E-state index contributed by atoms with van der Waals surface area (Å²) in [5.41, 5.74) is 2.60. The second-order valence-electron chi connectivity index (χ2n) is 4.93. The Labute approximate surface area is 125 Å². The molecule has 0 fully saturated rings. The molecule has 0 bridgehead atoms. The Morgan fingerprint density at radius 3 is 2.86 bits per heavy atom. The topological polar surface area (TPSA) is 75.9 Å². The molecule has 0 spiro atoms. The van der Waals surface area contributed by atoms with Gasteiger partial charge in [-0.25, -0.2) is 0 Å². The highest BCUT2D eigenvalue weighted by atomic mass is 32.2. The number of H-pyrrole nitrogens is 1. The highest BCUT2D eigenvalue weighted by Crippen LogP contribution is 2.33. The predicted octanol–water partition coefficient (Wildman–Crippen LogP) is 2.28. The SMILES string of the molecule is Cc1cccc([C@@H](C)Sc2nnc3[nH]c(=O)c(C)nn23)c1. The van der Waals surface area contributed by atoms with Gasteiger partial charge in [0.15, 0.2) is 0 Å². The average molecular weight is 301 g/mol. The van der Waals surface area contributed by atoms with E-state index in [0.29, 0.717) is 16.6 Å². The Hall–Kier alpha value is -2.15. The molecule has 108 valence electrons. The first-order chi connectivity index (χ1) is 10.0. The lowest BCUT2D eigenvalue weighted by atomic mass is 10.1. The second-order valence-corrected chi connectivity index (χ2v) is 6.24. The van der Waals surface area contributed by atoms with Gasteiger partial charge in [-0.05, 0) is 26.3 Å². The number of nitrogens with zero attached hydrogens (tertiary/aromatic N) is 4. The van der Waals surface area contributed by atoms with Crippen LogP contribution in [-0.4, -0.2) is 24.8 Å². The normalized spacial score (nSPS) is 12.7. The number of fused-ring (bicyclic) bond motifs is 1. The number of nitrogens with one attached hydrogen (secondary N) is 1. The summed E-state index contributed by atoms with van der Waals surface area (Å²) in [7, 11) is 0. The molecule has 0 amide bonds. The third-order valence-electron chi connectivity index (χ3n) is 3.21. The third kappa shape index (κ3) is 2.69. The molecule has 0 saturated carbocycles. The summed E-state index contributed by atoms with van der Waals surface area (Å²) in [5, 5.41) is 13.2. The van der Waals surface area contributed by atoms with E-state index in [0.717, 1.165) is 0 Å². The van der Waals surface area contributed by atoms with Gasteiger partial charge in [0.25, 0.3) is 11.3 Å². The fourth-order valence-corrected chi connectivity index (χ4v) is 2.96. The number of hydrogen-bond donors (Lipinski definition) is 1. The van der Waals surface area contributed by atoms with Crippen molar-refractivity contribution >= 4 is 17.5 Å². The van der Waals surface area contributed by atoms with Crippen LogP contribution in [-0.2, 0) is 0 Å². The van der Waals surface area contributed by atoms with Crippen molar-refractivity contribution in [3.05, 3.63) is 51.4 Å². The molecule has 2 heterocycles. The fraction of sp³-hybridized carbons (Fsp3) is 0.286. The van der Waals surface area contributed by atoms with E-state index in [1.807, 2.05) is 6.07 Å². The number of rotatable bonds is 3. The minimum Gasteiger partial charge on any atom is -0.288 e. The van der Waals surface area contributed by atoms with Gasteiger partial charge in [-0.1, -0.05) is 41.6 Å². The monoisotopic (exact) mass is 301 g/mol. The zero-order chi connectivity index (χ0) is 15.0. The van der Waals surface area contributed by atoms with Crippen molar-refractivity contribution in [1.29, 1.82) is 0 Å². The molecule has 0 radical (unpaired) electrons. The Balaban J connectivity index is 1.95. The molecule has 0 aliphatic heterocycles. The van der Waals surface area contributed by atoms with E-state index in [4.69, 9.17) is 0 Å². The first-order valence-electron chi connectivity index (χ1n) is 6.60. The highest BCUT2D eigenvalue weighted by molar-refractivity contribution is 7.99. The molecule has 2 aromatic heterocycles. The number of aryl methyl sites for hydroxylation is 2. The van der Waals surface area contributed by atoms with Crippen LogP contribution in [0.1, 0.15) is 29.0 Å². The maximum absolute atomic E-state index is 11.5. The minimum atomic E-state index is -0.238. The van der Waals surface area contributed by atoms with E-state index in [9.17, 15) is 4.79 Å². The van der Waals surface area contributed by atoms with Crippen LogP contribution in [0.25, 0.3) is 5.78 Å². The largest absolute Gasteiger partial charge is 0.288 e. The van der Waals surface area contributed by atoms with E-state index in [1.54, 1.807) is 23.2 Å². The van der Waals surface area contributed by atoms with Crippen molar-refractivity contribution in [3.8, 4) is 0 Å². The number of thioether (sulfide) groups is 1. The van der Waals surface area contributed by atoms with Gasteiger partial charge in [0.05, 0.1) is 0 Å². The van der Waals surface area contributed by atoms with Crippen LogP contribution in [0, 0.1) is 13.8 Å². The van der Waals surface area contributed by atoms with Gasteiger partial charge in [0.1, 0.15) is 5.69 Å². The molecule has 7 heteroatoms. The van der Waals surface area contributed by atoms with Crippen LogP contribution in [0.2, 0.25) is 0 Å². The van der Waals surface area contributed by atoms with Gasteiger partial charge in [-0.3, -0.25) is 9.78 Å². The Morgan fingerprint density at radius 2 is 2.10 bits per heavy atom. The van der Waals surface area contributed by atoms with Crippen LogP contribution < -0.4 is 5.56 Å². The van der Waals surface area contributed by atoms with Crippen molar-refractivity contribution in [2.45, 2.75) is 31.2 Å². The van der Waals surface area contributed by atoms with Crippen LogP contribution in [0.15, 0.2) is 34.2 Å². The Kier molecular flexibility index (Phi) is 3.50. The second kappa shape index (κ2) is 5.33. The molecule has 1 atom stereocenters. The van der Waals surface area contributed by atoms with Gasteiger partial charge in [0.2, 0.25) is 5.16 Å². The molecule has 3 aromatic rings. The van der Waals surface area contributed by atoms with Crippen molar-refractivity contribution in [2.24, 2.45) is 0 Å². The smallest absolute Gasteiger partial charge is 0.273 e. The zero-order valence-electron chi connectivity index (χ0n) is 12.0. The molecular formula is C14H15N5OS. The molecule has 6 nitrogen and oxygen atoms in total. The highest BCUT2D eigenvalue weighted by Gasteiger charge is 2.14. The lowest BCUT2D eigenvalue weighted by molar-refractivity contribution is 0.767. The van der Waals surface area contributed by atoms with E-state index < -0.39 is 0 Å². The summed E-state index contributed by atoms with van der Waals surface area (Å²) >= 11 is 1.56. The minimum absolute atomic E-state index is 0.214. The van der Waals surface area contributed by atoms with Crippen molar-refractivity contribution in [1.82, 2.24) is 24.8 Å². The molecule has 21 heavy (non-hydrogen) atoms. The maximum Gasteiger partial charge on any atom is 0.273 e. The molecule has 0 aliphatic carbocycles. The summed E-state index contributed by atoms with van der Waals surface area (Å²) in [4.78, 5) is 14.2. The lowest BCUT2D eigenvalue weighted by Crippen LogP contribution is -2.15. The Bertz CT molecular complexity index is 854. The van der Waals surface area contributed by atoms with Crippen LogP contribution in [0.4, 0.5) is 0 Å². The van der Waals surface area contributed by atoms with E-state index in [-0.39, 0.29) is 10.8 Å². The number of benzene rings is 1. The predicted molar refractivity (Wildman–Crippen MR) is 81.6 cm³/mol. The summed E-state index contributed by atoms with van der Waals surface area (Å²) in [5.74, 6) is 0.365. The first kappa shape index (κ1) is 13.8. The summed E-state index contributed by atoms with van der Waals surface area (Å²) in [6, 6.07) is 8.36. The van der Waals surface area contributed by atoms with Crippen molar-refractivity contribution in [2.75, 3.05) is 0 Å². The van der Waals surface area contributed by atoms with Crippen molar-refractivity contribution in [3.63, 3.8) is 0 Å². The van der Waals surface area contributed by atoms with Gasteiger partial charge in [0, 0.05) is 5.25 Å². The van der Waals surface area contributed by atoms with E-state index in [2.05, 4.69) is 52.3 Å². The molecule has 3 rings (SSSR count). The van der Waals surface area contributed by atoms with Crippen LogP contribution >= 0.6 is 11.8 Å². The fourth-order valence-electron chi connectivity index (χ4n) is 2.04. The summed E-state index contributed by atoms with van der Waals surface area (Å²) < 4.78 is 1.58. The summed E-state index contributed by atoms with van der Waals surface area (Å²) in [6.45, 7) is 5.85. The number of aromatic amines is 1. The van der Waals surface area contributed by atoms with Gasteiger partial charge in [-0.2, -0.15) is 9.61 Å². The lowest BCUT2D eigenvalue weighted by Gasteiger charge is -2.10. The Morgan fingerprint density at radius 1 is 1.29 bits per heavy atom.